The maximum absolute atomic E-state index is 12.8. The van der Waals surface area contributed by atoms with E-state index in [4.69, 9.17) is 21.3 Å². The Morgan fingerprint density at radius 3 is 2.61 bits per heavy atom. The fourth-order valence-corrected chi connectivity index (χ4v) is 4.34. The number of phenolic OH excluding ortho intramolecular Hbond substituents is 1. The number of alkyl carbamates (subject to hydrolysis) is 1. The molecule has 8 nitrogen and oxygen atoms in total. The summed E-state index contributed by atoms with van der Waals surface area (Å²) >= 11 is 6.40. The SMILES string of the molecule is CCCc1nnc2n1-c1ccc(Cl)cc1C(c1ccccc1O)=NC2NC(=O)OCc1ccccc1. The smallest absolute Gasteiger partial charge is 0.409 e. The van der Waals surface area contributed by atoms with Gasteiger partial charge in [-0.2, -0.15) is 0 Å². The Balaban J connectivity index is 1.60. The number of carbonyl (C=O) groups excluding carboxylic acids is 1. The number of ether oxygens (including phenoxy) is 1. The average molecular weight is 502 g/mol. The van der Waals surface area contributed by atoms with Crippen molar-refractivity contribution in [2.24, 2.45) is 4.99 Å². The average Bonchev–Trinajstić information content (AvgIpc) is 3.24. The highest BCUT2D eigenvalue weighted by Gasteiger charge is 2.31. The minimum absolute atomic E-state index is 0.0547. The van der Waals surface area contributed by atoms with E-state index in [-0.39, 0.29) is 12.4 Å². The highest BCUT2D eigenvalue weighted by Crippen LogP contribution is 2.33. The van der Waals surface area contributed by atoms with Gasteiger partial charge in [0.15, 0.2) is 12.0 Å². The van der Waals surface area contributed by atoms with Crippen molar-refractivity contribution in [2.75, 3.05) is 0 Å². The molecule has 1 amide bonds. The second-order valence-corrected chi connectivity index (χ2v) is 8.76. The zero-order valence-corrected chi connectivity index (χ0v) is 20.3. The zero-order valence-electron chi connectivity index (χ0n) is 19.6. The Bertz CT molecular complexity index is 1430. The van der Waals surface area contributed by atoms with Crippen LogP contribution in [0.25, 0.3) is 5.69 Å². The first-order chi connectivity index (χ1) is 17.5. The Kier molecular flexibility index (Phi) is 6.69. The number of nitrogens with one attached hydrogen (secondary N) is 1. The van der Waals surface area contributed by atoms with E-state index in [9.17, 15) is 9.90 Å². The first-order valence-electron chi connectivity index (χ1n) is 11.6. The molecular formula is C27H24ClN5O3. The van der Waals surface area contributed by atoms with Crippen LogP contribution in [0.2, 0.25) is 5.02 Å². The summed E-state index contributed by atoms with van der Waals surface area (Å²) in [6.45, 7) is 2.17. The van der Waals surface area contributed by atoms with Crippen LogP contribution in [0, 0.1) is 0 Å². The number of aromatic hydroxyl groups is 1. The van der Waals surface area contributed by atoms with Gasteiger partial charge in [-0.25, -0.2) is 4.79 Å². The summed E-state index contributed by atoms with van der Waals surface area (Å²) in [6.07, 6.45) is -0.0515. The number of amides is 1. The number of phenols is 1. The van der Waals surface area contributed by atoms with Crippen LogP contribution in [0.3, 0.4) is 0 Å². The number of benzene rings is 3. The molecule has 1 aliphatic heterocycles. The van der Waals surface area contributed by atoms with E-state index in [1.807, 2.05) is 47.0 Å². The van der Waals surface area contributed by atoms with Gasteiger partial charge in [-0.3, -0.25) is 14.9 Å². The molecule has 0 aliphatic carbocycles. The van der Waals surface area contributed by atoms with Gasteiger partial charge in [0.05, 0.1) is 11.4 Å². The lowest BCUT2D eigenvalue weighted by Gasteiger charge is -2.15. The molecule has 182 valence electrons. The third-order valence-electron chi connectivity index (χ3n) is 5.81. The lowest BCUT2D eigenvalue weighted by Crippen LogP contribution is -2.30. The summed E-state index contributed by atoms with van der Waals surface area (Å²) < 4.78 is 7.35. The van der Waals surface area contributed by atoms with Crippen LogP contribution >= 0.6 is 11.6 Å². The number of hydrogen-bond acceptors (Lipinski definition) is 6. The van der Waals surface area contributed by atoms with E-state index in [2.05, 4.69) is 22.4 Å². The molecule has 9 heteroatoms. The minimum Gasteiger partial charge on any atom is -0.507 e. The van der Waals surface area contributed by atoms with Crippen molar-refractivity contribution in [1.29, 1.82) is 0 Å². The molecule has 5 rings (SSSR count). The van der Waals surface area contributed by atoms with Crippen LogP contribution in [-0.4, -0.2) is 31.7 Å². The van der Waals surface area contributed by atoms with Gasteiger partial charge < -0.3 is 9.84 Å². The Labute approximate surface area is 213 Å². The van der Waals surface area contributed by atoms with Crippen molar-refractivity contribution in [3.8, 4) is 11.4 Å². The summed E-state index contributed by atoms with van der Waals surface area (Å²) in [5, 5.41) is 22.8. The van der Waals surface area contributed by atoms with Crippen molar-refractivity contribution in [2.45, 2.75) is 32.5 Å². The Morgan fingerprint density at radius 1 is 1.06 bits per heavy atom. The predicted molar refractivity (Wildman–Crippen MR) is 137 cm³/mol. The van der Waals surface area contributed by atoms with E-state index >= 15 is 0 Å². The van der Waals surface area contributed by atoms with E-state index in [0.717, 1.165) is 23.5 Å². The number of rotatable bonds is 6. The van der Waals surface area contributed by atoms with Crippen molar-refractivity contribution in [1.82, 2.24) is 20.1 Å². The summed E-state index contributed by atoms with van der Waals surface area (Å²) in [4.78, 5) is 17.7. The third-order valence-corrected chi connectivity index (χ3v) is 6.05. The van der Waals surface area contributed by atoms with Gasteiger partial charge in [-0.15, -0.1) is 10.2 Å². The topological polar surface area (TPSA) is 102 Å². The molecule has 1 aliphatic rings. The van der Waals surface area contributed by atoms with Crippen LogP contribution < -0.4 is 5.32 Å². The highest BCUT2D eigenvalue weighted by molar-refractivity contribution is 6.31. The molecule has 1 atom stereocenters. The fourth-order valence-electron chi connectivity index (χ4n) is 4.17. The third kappa shape index (κ3) is 4.67. The van der Waals surface area contributed by atoms with Crippen molar-refractivity contribution < 1.29 is 14.6 Å². The predicted octanol–water partition coefficient (Wildman–Crippen LogP) is 5.35. The number of aryl methyl sites for hydroxylation is 1. The van der Waals surface area contributed by atoms with Gasteiger partial charge in [0.1, 0.15) is 18.2 Å². The second-order valence-electron chi connectivity index (χ2n) is 8.32. The molecule has 2 N–H and O–H groups in total. The molecule has 0 saturated heterocycles. The molecule has 1 aromatic heterocycles. The van der Waals surface area contributed by atoms with Crippen LogP contribution in [0.1, 0.15) is 47.8 Å². The van der Waals surface area contributed by atoms with Gasteiger partial charge in [-0.1, -0.05) is 61.0 Å². The first kappa shape index (κ1) is 23.6. The molecule has 3 aromatic carbocycles. The molecule has 0 radical (unpaired) electrons. The molecule has 36 heavy (non-hydrogen) atoms. The molecule has 0 bridgehead atoms. The lowest BCUT2D eigenvalue weighted by molar-refractivity contribution is 0.135. The minimum atomic E-state index is -0.924. The van der Waals surface area contributed by atoms with Gasteiger partial charge in [-0.05, 0) is 42.3 Å². The molecule has 1 unspecified atom stereocenters. The van der Waals surface area contributed by atoms with E-state index in [0.29, 0.717) is 34.1 Å². The maximum atomic E-state index is 12.8. The van der Waals surface area contributed by atoms with Crippen LogP contribution in [-0.2, 0) is 17.8 Å². The first-order valence-corrected chi connectivity index (χ1v) is 12.0. The van der Waals surface area contributed by atoms with E-state index < -0.39 is 12.3 Å². The van der Waals surface area contributed by atoms with Crippen molar-refractivity contribution in [3.05, 3.63) is 106 Å². The number of halogens is 1. The standard InChI is InChI=1S/C27H24ClN5O3/c1-2-8-23-31-32-26-25(30-27(35)36-16-17-9-4-3-5-10-17)29-24(19-11-6-7-12-22(19)34)20-15-18(28)13-14-21(20)33(23)26/h3-7,9-15,25,34H,2,8,16H2,1H3,(H,30,35). The van der Waals surface area contributed by atoms with E-state index in [1.54, 1.807) is 30.3 Å². The number of fused-ring (bicyclic) bond motifs is 3. The van der Waals surface area contributed by atoms with Gasteiger partial charge >= 0.3 is 6.09 Å². The molecular weight excluding hydrogens is 478 g/mol. The second kappa shape index (κ2) is 10.2. The Morgan fingerprint density at radius 2 is 1.83 bits per heavy atom. The summed E-state index contributed by atoms with van der Waals surface area (Å²) in [5.74, 6) is 1.22. The van der Waals surface area contributed by atoms with Crippen molar-refractivity contribution in [3.63, 3.8) is 0 Å². The molecule has 0 fully saturated rings. The number of para-hydroxylation sites is 1. The lowest BCUT2D eigenvalue weighted by atomic mass is 9.99. The maximum Gasteiger partial charge on any atom is 0.409 e. The van der Waals surface area contributed by atoms with Gasteiger partial charge in [0.25, 0.3) is 0 Å². The summed E-state index contributed by atoms with van der Waals surface area (Å²) in [6, 6.07) is 21.8. The van der Waals surface area contributed by atoms with Gasteiger partial charge in [0, 0.05) is 22.6 Å². The molecule has 0 spiro atoms. The number of aromatic nitrogens is 3. The van der Waals surface area contributed by atoms with Crippen LogP contribution in [0.5, 0.6) is 5.75 Å². The zero-order chi connectivity index (χ0) is 25.1. The largest absolute Gasteiger partial charge is 0.507 e. The van der Waals surface area contributed by atoms with Crippen LogP contribution in [0.15, 0.2) is 77.8 Å². The number of aliphatic imine (C=N–C) groups is 1. The molecule has 2 heterocycles. The summed E-state index contributed by atoms with van der Waals surface area (Å²) in [5.41, 5.74) is 3.27. The molecule has 0 saturated carbocycles. The normalized spacial score (nSPS) is 14.3. The monoisotopic (exact) mass is 501 g/mol. The summed E-state index contributed by atoms with van der Waals surface area (Å²) in [7, 11) is 0. The fraction of sp³-hybridized carbons (Fsp3) is 0.185. The molecule has 4 aromatic rings. The Hall–Kier alpha value is -4.17. The number of carbonyl (C=O) groups is 1. The van der Waals surface area contributed by atoms with Gasteiger partial charge in [0.2, 0.25) is 0 Å². The van der Waals surface area contributed by atoms with Crippen molar-refractivity contribution >= 4 is 23.4 Å². The number of nitrogens with zero attached hydrogens (tertiary/aromatic N) is 4. The number of hydrogen-bond donors (Lipinski definition) is 2. The van der Waals surface area contributed by atoms with E-state index in [1.165, 1.54) is 0 Å². The highest BCUT2D eigenvalue weighted by atomic mass is 35.5. The van der Waals surface area contributed by atoms with Crippen LogP contribution in [0.4, 0.5) is 4.79 Å². The quantitative estimate of drug-likeness (QED) is 0.370.